The zero-order valence-electron chi connectivity index (χ0n) is 18.9. The molecule has 1 unspecified atom stereocenters. The van der Waals surface area contributed by atoms with Crippen molar-refractivity contribution in [1.82, 2.24) is 19.8 Å². The van der Waals surface area contributed by atoms with Crippen molar-refractivity contribution in [3.63, 3.8) is 0 Å². The highest BCUT2D eigenvalue weighted by Crippen LogP contribution is 2.27. The Morgan fingerprint density at radius 2 is 1.79 bits per heavy atom. The monoisotopic (exact) mass is 468 g/mol. The molecule has 1 aromatic carbocycles. The van der Waals surface area contributed by atoms with Crippen LogP contribution in [0.1, 0.15) is 24.1 Å². The van der Waals surface area contributed by atoms with Crippen LogP contribution in [0.25, 0.3) is 6.08 Å². The molecule has 0 saturated heterocycles. The lowest BCUT2D eigenvalue weighted by Crippen LogP contribution is -2.47. The minimum atomic E-state index is -0.823. The number of hydrogen-bond acceptors (Lipinski definition) is 7. The van der Waals surface area contributed by atoms with Gasteiger partial charge in [0.25, 0.3) is 5.56 Å². The summed E-state index contributed by atoms with van der Waals surface area (Å²) in [6.45, 7) is 1.35. The number of benzene rings is 1. The van der Waals surface area contributed by atoms with Gasteiger partial charge in [0, 0.05) is 26.4 Å². The molecule has 3 rings (SSSR count). The number of hydrogen-bond donors (Lipinski definition) is 2. The standard InChI is InChI=1S/C23H24N4O7/c1-4-33-21(30)18-16(24-22(31)25-19(18)14-8-6-5-7-9-14)13-34-17(28)11-10-15-12-26(2)23(32)27(3)20(15)29/h5-12,19H,4,13H2,1-3H3,(H2,24,25,31)/b11-10+. The Bertz CT molecular complexity index is 1290. The molecule has 2 N–H and O–H groups in total. The molecule has 0 fully saturated rings. The quantitative estimate of drug-likeness (QED) is 0.446. The van der Waals surface area contributed by atoms with Crippen LogP contribution < -0.4 is 21.9 Å². The summed E-state index contributed by atoms with van der Waals surface area (Å²) in [5.74, 6) is -1.49. The van der Waals surface area contributed by atoms with Crippen molar-refractivity contribution in [3.8, 4) is 0 Å². The largest absolute Gasteiger partial charge is 0.463 e. The van der Waals surface area contributed by atoms with E-state index in [1.54, 1.807) is 37.3 Å². The van der Waals surface area contributed by atoms with Gasteiger partial charge in [0.2, 0.25) is 0 Å². The molecule has 1 atom stereocenters. The topological polar surface area (TPSA) is 138 Å². The van der Waals surface area contributed by atoms with Crippen LogP contribution in [-0.4, -0.2) is 40.3 Å². The van der Waals surface area contributed by atoms with E-state index < -0.39 is 41.9 Å². The highest BCUT2D eigenvalue weighted by molar-refractivity contribution is 5.95. The van der Waals surface area contributed by atoms with Crippen molar-refractivity contribution in [2.45, 2.75) is 13.0 Å². The molecule has 0 spiro atoms. The van der Waals surface area contributed by atoms with Gasteiger partial charge < -0.3 is 24.7 Å². The Balaban J connectivity index is 1.85. The van der Waals surface area contributed by atoms with Gasteiger partial charge in [-0.25, -0.2) is 19.2 Å². The minimum Gasteiger partial charge on any atom is -0.463 e. The molecule has 0 bridgehead atoms. The predicted octanol–water partition coefficient (Wildman–Crippen LogP) is 0.512. The van der Waals surface area contributed by atoms with E-state index in [1.807, 2.05) is 0 Å². The summed E-state index contributed by atoms with van der Waals surface area (Å²) < 4.78 is 12.5. The van der Waals surface area contributed by atoms with Gasteiger partial charge >= 0.3 is 23.7 Å². The normalized spacial score (nSPS) is 15.6. The van der Waals surface area contributed by atoms with Crippen LogP contribution in [-0.2, 0) is 33.2 Å². The molecule has 34 heavy (non-hydrogen) atoms. The van der Waals surface area contributed by atoms with Crippen LogP contribution in [0.2, 0.25) is 0 Å². The predicted molar refractivity (Wildman–Crippen MR) is 121 cm³/mol. The number of ether oxygens (including phenoxy) is 2. The highest BCUT2D eigenvalue weighted by atomic mass is 16.5. The molecule has 178 valence electrons. The van der Waals surface area contributed by atoms with E-state index in [0.717, 1.165) is 10.6 Å². The van der Waals surface area contributed by atoms with Crippen molar-refractivity contribution in [3.05, 3.63) is 85.8 Å². The number of carbonyl (C=O) groups is 3. The fourth-order valence-electron chi connectivity index (χ4n) is 3.38. The first-order valence-electron chi connectivity index (χ1n) is 10.4. The number of esters is 2. The first-order chi connectivity index (χ1) is 16.2. The molecule has 2 heterocycles. The van der Waals surface area contributed by atoms with E-state index >= 15 is 0 Å². The summed E-state index contributed by atoms with van der Waals surface area (Å²) in [4.78, 5) is 61.2. The van der Waals surface area contributed by atoms with Crippen LogP contribution in [0.4, 0.5) is 4.79 Å². The van der Waals surface area contributed by atoms with E-state index in [-0.39, 0.29) is 23.4 Å². The minimum absolute atomic E-state index is 0.0795. The van der Waals surface area contributed by atoms with Crippen molar-refractivity contribution < 1.29 is 23.9 Å². The van der Waals surface area contributed by atoms with Crippen molar-refractivity contribution >= 4 is 24.0 Å². The second-order valence-corrected chi connectivity index (χ2v) is 7.34. The van der Waals surface area contributed by atoms with Crippen molar-refractivity contribution in [2.75, 3.05) is 13.2 Å². The molecule has 0 radical (unpaired) electrons. The molecular weight excluding hydrogens is 444 g/mol. The number of rotatable bonds is 7. The van der Waals surface area contributed by atoms with Gasteiger partial charge in [-0.15, -0.1) is 0 Å². The molecule has 11 heteroatoms. The molecule has 1 aliphatic heterocycles. The van der Waals surface area contributed by atoms with Gasteiger partial charge in [-0.1, -0.05) is 30.3 Å². The van der Waals surface area contributed by atoms with Gasteiger partial charge in [-0.3, -0.25) is 9.36 Å². The first kappa shape index (κ1) is 24.2. The SMILES string of the molecule is CCOC(=O)C1=C(COC(=O)/C=C/c2cn(C)c(=O)n(C)c2=O)NC(=O)NC1c1ccccc1. The van der Waals surface area contributed by atoms with E-state index in [9.17, 15) is 24.0 Å². The molecule has 0 saturated carbocycles. The first-order valence-corrected chi connectivity index (χ1v) is 10.4. The summed E-state index contributed by atoms with van der Waals surface area (Å²) in [6.07, 6.45) is 3.54. The Morgan fingerprint density at radius 3 is 2.47 bits per heavy atom. The number of amides is 2. The third kappa shape index (κ3) is 5.31. The van der Waals surface area contributed by atoms with E-state index in [4.69, 9.17) is 9.47 Å². The number of nitrogens with one attached hydrogen (secondary N) is 2. The summed E-state index contributed by atoms with van der Waals surface area (Å²) in [5, 5.41) is 5.18. The van der Waals surface area contributed by atoms with Crippen LogP contribution in [0.3, 0.4) is 0 Å². The van der Waals surface area contributed by atoms with E-state index in [2.05, 4.69) is 10.6 Å². The zero-order chi connectivity index (χ0) is 24.8. The van der Waals surface area contributed by atoms with Crippen molar-refractivity contribution in [2.24, 2.45) is 14.1 Å². The number of aryl methyl sites for hydroxylation is 1. The molecule has 11 nitrogen and oxygen atoms in total. The van der Waals surface area contributed by atoms with Crippen LogP contribution in [0.5, 0.6) is 0 Å². The number of aromatic nitrogens is 2. The molecule has 2 aromatic rings. The van der Waals surface area contributed by atoms with Crippen molar-refractivity contribution in [1.29, 1.82) is 0 Å². The van der Waals surface area contributed by atoms with E-state index in [1.165, 1.54) is 30.9 Å². The Hall–Kier alpha value is -4.41. The van der Waals surface area contributed by atoms with Crippen LogP contribution in [0, 0.1) is 0 Å². The summed E-state index contributed by atoms with van der Waals surface area (Å²) >= 11 is 0. The zero-order valence-corrected chi connectivity index (χ0v) is 18.9. The lowest BCUT2D eigenvalue weighted by Gasteiger charge is -2.29. The number of carbonyl (C=O) groups excluding carboxylic acids is 3. The number of urea groups is 1. The van der Waals surface area contributed by atoms with Gasteiger partial charge in [-0.2, -0.15) is 0 Å². The third-order valence-electron chi connectivity index (χ3n) is 5.01. The van der Waals surface area contributed by atoms with Crippen LogP contribution >= 0.6 is 0 Å². The lowest BCUT2D eigenvalue weighted by molar-refractivity contribution is -0.140. The average Bonchev–Trinajstić information content (AvgIpc) is 2.83. The summed E-state index contributed by atoms with van der Waals surface area (Å²) in [6, 6.07) is 7.45. The Labute approximate surface area is 194 Å². The molecule has 1 aliphatic rings. The maximum Gasteiger partial charge on any atom is 0.338 e. The van der Waals surface area contributed by atoms with Gasteiger partial charge in [-0.05, 0) is 18.6 Å². The lowest BCUT2D eigenvalue weighted by atomic mass is 9.95. The number of nitrogens with zero attached hydrogens (tertiary/aromatic N) is 2. The highest BCUT2D eigenvalue weighted by Gasteiger charge is 2.34. The second kappa shape index (κ2) is 10.5. The maximum atomic E-state index is 12.7. The average molecular weight is 468 g/mol. The van der Waals surface area contributed by atoms with Crippen LogP contribution in [0.15, 0.2) is 63.5 Å². The summed E-state index contributed by atoms with van der Waals surface area (Å²) in [7, 11) is 2.80. The summed E-state index contributed by atoms with van der Waals surface area (Å²) in [5.41, 5.74) is -0.136. The fourth-order valence-corrected chi connectivity index (χ4v) is 3.38. The molecular formula is C23H24N4O7. The molecule has 0 aliphatic carbocycles. The van der Waals surface area contributed by atoms with Gasteiger partial charge in [0.05, 0.1) is 29.5 Å². The smallest absolute Gasteiger partial charge is 0.338 e. The van der Waals surface area contributed by atoms with E-state index in [0.29, 0.717) is 5.56 Å². The second-order valence-electron chi connectivity index (χ2n) is 7.34. The third-order valence-corrected chi connectivity index (χ3v) is 5.01. The fraction of sp³-hybridized carbons (Fsp3) is 0.261. The van der Waals surface area contributed by atoms with Gasteiger partial charge in [0.1, 0.15) is 6.61 Å². The maximum absolute atomic E-state index is 12.7. The van der Waals surface area contributed by atoms with Gasteiger partial charge in [0.15, 0.2) is 0 Å². The Kier molecular flexibility index (Phi) is 7.46. The molecule has 2 amide bonds. The molecule has 1 aromatic heterocycles. The Morgan fingerprint density at radius 1 is 1.09 bits per heavy atom.